The summed E-state index contributed by atoms with van der Waals surface area (Å²) in [5.74, 6) is 6.86. The molecule has 4 fully saturated rings. The van der Waals surface area contributed by atoms with E-state index < -0.39 is 0 Å². The van der Waals surface area contributed by atoms with E-state index in [9.17, 15) is 4.79 Å². The molecular weight excluding hydrogens is 368 g/mol. The molecule has 1 aliphatic heterocycles. The molecule has 30 heavy (non-hydrogen) atoms. The summed E-state index contributed by atoms with van der Waals surface area (Å²) in [5.41, 5.74) is 0.584. The third kappa shape index (κ3) is 3.47. The Morgan fingerprint density at radius 1 is 1.13 bits per heavy atom. The highest BCUT2D eigenvalue weighted by Crippen LogP contribution is 2.65. The van der Waals surface area contributed by atoms with Gasteiger partial charge in [-0.1, -0.05) is 33.6 Å². The zero-order valence-electron chi connectivity index (χ0n) is 19.7. The number of carbonyl (C=O) groups excluding carboxylic acids is 1. The molecule has 1 heterocycles. The highest BCUT2D eigenvalue weighted by atomic mass is 16.1. The monoisotopic (exact) mass is 412 g/mol. The first kappa shape index (κ1) is 21.0. The maximum Gasteiger partial charge on any atom is 0.155 e. The number of Topliss-reactive ketones (excluding diaryl/α,β-unsaturated/α-hetero) is 1. The van der Waals surface area contributed by atoms with Gasteiger partial charge >= 0.3 is 0 Å². The fraction of sp³-hybridized carbons (Fsp3) is 0.926. The third-order valence-corrected chi connectivity index (χ3v) is 10.7. The number of carbonyl (C=O) groups is 1. The molecule has 3 heteroatoms. The number of aliphatic imine (C=N–C) groups is 1. The number of rotatable bonds is 5. The minimum absolute atomic E-state index is 0.325. The van der Waals surface area contributed by atoms with Gasteiger partial charge in [0.1, 0.15) is 0 Å². The summed E-state index contributed by atoms with van der Waals surface area (Å²) in [7, 11) is 0. The summed E-state index contributed by atoms with van der Waals surface area (Å²) in [6, 6.07) is 0. The molecule has 0 aromatic heterocycles. The van der Waals surface area contributed by atoms with Gasteiger partial charge < -0.3 is 4.90 Å². The summed E-state index contributed by atoms with van der Waals surface area (Å²) in [5, 5.41) is 0. The van der Waals surface area contributed by atoms with Crippen LogP contribution in [0.25, 0.3) is 0 Å². The van der Waals surface area contributed by atoms with Crippen molar-refractivity contribution in [3.63, 3.8) is 0 Å². The number of nitrogens with zero attached hydrogens (tertiary/aromatic N) is 2. The molecule has 0 N–H and O–H groups in total. The first-order valence-electron chi connectivity index (χ1n) is 13.3. The highest BCUT2D eigenvalue weighted by Gasteiger charge is 2.58. The van der Waals surface area contributed by atoms with E-state index in [4.69, 9.17) is 0 Å². The molecule has 5 rings (SSSR count). The van der Waals surface area contributed by atoms with E-state index in [-0.39, 0.29) is 0 Å². The average molecular weight is 413 g/mol. The predicted octanol–water partition coefficient (Wildman–Crippen LogP) is 5.83. The molecule has 0 radical (unpaired) electrons. The Balaban J connectivity index is 1.30. The summed E-state index contributed by atoms with van der Waals surface area (Å²) in [4.78, 5) is 19.7. The van der Waals surface area contributed by atoms with Crippen molar-refractivity contribution in [1.29, 1.82) is 0 Å². The lowest BCUT2D eigenvalue weighted by atomic mass is 9.45. The second kappa shape index (κ2) is 8.24. The molecule has 4 aliphatic carbocycles. The van der Waals surface area contributed by atoms with E-state index in [1.807, 2.05) is 6.34 Å². The van der Waals surface area contributed by atoms with Crippen molar-refractivity contribution < 1.29 is 4.79 Å². The van der Waals surface area contributed by atoms with Crippen molar-refractivity contribution in [2.75, 3.05) is 19.6 Å². The average Bonchev–Trinajstić information content (AvgIpc) is 3.39. The first-order valence-corrected chi connectivity index (χ1v) is 13.3. The first-order chi connectivity index (χ1) is 14.5. The van der Waals surface area contributed by atoms with Crippen LogP contribution >= 0.6 is 0 Å². The van der Waals surface area contributed by atoms with Gasteiger partial charge in [0, 0.05) is 12.5 Å². The molecule has 9 unspecified atom stereocenters. The smallest absolute Gasteiger partial charge is 0.155 e. The zero-order chi connectivity index (χ0) is 20.9. The van der Waals surface area contributed by atoms with E-state index >= 15 is 0 Å². The van der Waals surface area contributed by atoms with Crippen molar-refractivity contribution in [2.24, 2.45) is 57.8 Å². The molecule has 4 saturated carbocycles. The van der Waals surface area contributed by atoms with Crippen molar-refractivity contribution in [3.8, 4) is 0 Å². The Morgan fingerprint density at radius 2 is 1.97 bits per heavy atom. The fourth-order valence-corrected chi connectivity index (χ4v) is 9.32. The molecule has 0 aromatic carbocycles. The summed E-state index contributed by atoms with van der Waals surface area (Å²) < 4.78 is 0. The minimum Gasteiger partial charge on any atom is -0.354 e. The van der Waals surface area contributed by atoms with Gasteiger partial charge in [0.2, 0.25) is 0 Å². The molecule has 0 saturated heterocycles. The number of hydrogen-bond donors (Lipinski definition) is 0. The largest absolute Gasteiger partial charge is 0.354 e. The lowest BCUT2D eigenvalue weighted by molar-refractivity contribution is -0.132. The molecule has 3 nitrogen and oxygen atoms in total. The van der Waals surface area contributed by atoms with Gasteiger partial charge in [0.25, 0.3) is 0 Å². The summed E-state index contributed by atoms with van der Waals surface area (Å²) in [6.45, 7) is 9.97. The van der Waals surface area contributed by atoms with Crippen molar-refractivity contribution in [2.45, 2.75) is 85.0 Å². The van der Waals surface area contributed by atoms with Crippen LogP contribution in [0.4, 0.5) is 0 Å². The lowest BCUT2D eigenvalue weighted by Crippen LogP contribution is -2.53. The molecule has 5 aliphatic rings. The van der Waals surface area contributed by atoms with Crippen molar-refractivity contribution in [3.05, 3.63) is 0 Å². The second-order valence-electron chi connectivity index (χ2n) is 12.1. The van der Waals surface area contributed by atoms with E-state index in [0.717, 1.165) is 55.0 Å². The molecule has 0 spiro atoms. The normalized spacial score (nSPS) is 47.6. The minimum atomic E-state index is 0.325. The SMILES string of the molecule is CCCC1CCC2(C)C(CCC3C4CCC(C(=O)CN5C=NCC5)C4C(C)CC32)C1. The molecule has 0 amide bonds. The molecule has 168 valence electrons. The standard InChI is InChI=1S/C27H44N2O/c1-4-5-19-10-11-27(3)20(15-19)6-7-21-22-8-9-23(26(22)18(2)14-24(21)27)25(30)16-29-13-12-28-17-29/h17-24,26H,4-16H2,1-3H3. The van der Waals surface area contributed by atoms with E-state index in [1.165, 1.54) is 57.8 Å². The number of hydrogen-bond acceptors (Lipinski definition) is 3. The van der Waals surface area contributed by atoms with Gasteiger partial charge in [-0.25, -0.2) is 0 Å². The zero-order valence-corrected chi connectivity index (χ0v) is 19.7. The molecule has 0 bridgehead atoms. The Morgan fingerprint density at radius 3 is 2.73 bits per heavy atom. The van der Waals surface area contributed by atoms with E-state index in [1.54, 1.807) is 0 Å². The summed E-state index contributed by atoms with van der Waals surface area (Å²) >= 11 is 0. The number of ketones is 1. The van der Waals surface area contributed by atoms with Gasteiger partial charge in [0.05, 0.1) is 19.4 Å². The van der Waals surface area contributed by atoms with Crippen molar-refractivity contribution >= 4 is 12.1 Å². The van der Waals surface area contributed by atoms with Crippen LogP contribution in [0, 0.1) is 52.8 Å². The van der Waals surface area contributed by atoms with E-state index in [0.29, 0.717) is 29.6 Å². The van der Waals surface area contributed by atoms with Crippen LogP contribution in [-0.4, -0.2) is 36.7 Å². The predicted molar refractivity (Wildman–Crippen MR) is 123 cm³/mol. The lowest BCUT2D eigenvalue weighted by Gasteiger charge is -2.60. The fourth-order valence-electron chi connectivity index (χ4n) is 9.32. The Labute approximate surface area is 184 Å². The van der Waals surface area contributed by atoms with Crippen molar-refractivity contribution in [1.82, 2.24) is 4.90 Å². The van der Waals surface area contributed by atoms with Gasteiger partial charge in [0.15, 0.2) is 5.78 Å². The van der Waals surface area contributed by atoms with Crippen LogP contribution < -0.4 is 0 Å². The number of fused-ring (bicyclic) bond motifs is 5. The van der Waals surface area contributed by atoms with Crippen LogP contribution in [0.1, 0.15) is 85.0 Å². The Kier molecular flexibility index (Phi) is 5.77. The van der Waals surface area contributed by atoms with Crippen LogP contribution in [0.5, 0.6) is 0 Å². The second-order valence-corrected chi connectivity index (χ2v) is 12.1. The molecule has 0 aromatic rings. The van der Waals surface area contributed by atoms with E-state index in [2.05, 4.69) is 30.7 Å². The topological polar surface area (TPSA) is 32.7 Å². The Bertz CT molecular complexity index is 674. The van der Waals surface area contributed by atoms with Gasteiger partial charge in [-0.15, -0.1) is 0 Å². The van der Waals surface area contributed by atoms with Crippen LogP contribution in [0.15, 0.2) is 4.99 Å². The maximum atomic E-state index is 13.2. The van der Waals surface area contributed by atoms with Crippen LogP contribution in [0.2, 0.25) is 0 Å². The van der Waals surface area contributed by atoms with Gasteiger partial charge in [-0.3, -0.25) is 9.79 Å². The van der Waals surface area contributed by atoms with Crippen LogP contribution in [-0.2, 0) is 4.79 Å². The highest BCUT2D eigenvalue weighted by molar-refractivity contribution is 5.85. The molecule has 9 atom stereocenters. The third-order valence-electron chi connectivity index (χ3n) is 10.7. The van der Waals surface area contributed by atoms with Gasteiger partial charge in [-0.05, 0) is 98.2 Å². The summed E-state index contributed by atoms with van der Waals surface area (Å²) in [6.07, 6.45) is 16.0. The van der Waals surface area contributed by atoms with Crippen LogP contribution in [0.3, 0.4) is 0 Å². The van der Waals surface area contributed by atoms with Gasteiger partial charge in [-0.2, -0.15) is 0 Å². The maximum absolute atomic E-state index is 13.2. The quantitative estimate of drug-likeness (QED) is 0.569. The molecular formula is C27H44N2O. The Hall–Kier alpha value is -0.860.